The number of likely N-dealkylation sites (tertiary alicyclic amines) is 1. The number of nitrogen functional groups attached to an aromatic ring is 1. The number of ether oxygens (including phenoxy) is 1. The van der Waals surface area contributed by atoms with Crippen molar-refractivity contribution in [3.05, 3.63) is 67.1 Å². The molecule has 2 N–H and O–H groups in total. The van der Waals surface area contributed by atoms with Crippen molar-refractivity contribution in [2.45, 2.75) is 50.9 Å². The summed E-state index contributed by atoms with van der Waals surface area (Å²) >= 11 is 0. The minimum Gasteiger partial charge on any atom is -0.457 e. The second-order valence-electron chi connectivity index (χ2n) is 10.6. The zero-order valence-corrected chi connectivity index (χ0v) is 22.0. The summed E-state index contributed by atoms with van der Waals surface area (Å²) < 4.78 is 8.24. The number of aromatic nitrogens is 3. The summed E-state index contributed by atoms with van der Waals surface area (Å²) in [5, 5.41) is 0.873. The highest BCUT2D eigenvalue weighted by Crippen LogP contribution is 2.38. The van der Waals surface area contributed by atoms with E-state index in [1.165, 1.54) is 12.8 Å². The van der Waals surface area contributed by atoms with Crippen LogP contribution in [0.1, 0.15) is 38.6 Å². The fraction of sp³-hybridized carbons (Fsp3) is 0.367. The van der Waals surface area contributed by atoms with Gasteiger partial charge >= 0.3 is 0 Å². The number of nitrogens with zero attached hydrogens (tertiary/aromatic N) is 5. The molecule has 2 aromatic carbocycles. The van der Waals surface area contributed by atoms with E-state index >= 15 is 0 Å². The van der Waals surface area contributed by atoms with E-state index in [1.54, 1.807) is 13.3 Å². The van der Waals surface area contributed by atoms with Crippen LogP contribution >= 0.6 is 0 Å². The van der Waals surface area contributed by atoms with Gasteiger partial charge in [0.2, 0.25) is 0 Å². The third-order valence-electron chi connectivity index (χ3n) is 7.86. The van der Waals surface area contributed by atoms with Crippen LogP contribution in [0.2, 0.25) is 0 Å². The van der Waals surface area contributed by atoms with E-state index in [0.29, 0.717) is 18.3 Å². The Balaban J connectivity index is 1.28. The van der Waals surface area contributed by atoms with Crippen LogP contribution in [0.25, 0.3) is 22.2 Å². The van der Waals surface area contributed by atoms with Gasteiger partial charge in [-0.1, -0.05) is 30.3 Å². The maximum Gasteiger partial charge on any atom is 0.146 e. The van der Waals surface area contributed by atoms with E-state index in [2.05, 4.69) is 49.7 Å². The Kier molecular flexibility index (Phi) is 6.59. The Hall–Kier alpha value is -3.75. The van der Waals surface area contributed by atoms with E-state index in [0.717, 1.165) is 53.2 Å². The minimum absolute atomic E-state index is 0.142. The molecule has 3 heterocycles. The van der Waals surface area contributed by atoms with Gasteiger partial charge in [0, 0.05) is 43.4 Å². The van der Waals surface area contributed by atoms with Gasteiger partial charge in [-0.05, 0) is 63.1 Å². The Morgan fingerprint density at radius 2 is 1.82 bits per heavy atom. The SMILES string of the molecule is CC(=O)C[C@H](N1CCC(n2cc(-c3ccc(Oc4ccccc4)cc3)c3c(N)ncnc32)C1)N(C)C1CC1. The molecule has 2 fully saturated rings. The van der Waals surface area contributed by atoms with Crippen molar-refractivity contribution in [3.63, 3.8) is 0 Å². The van der Waals surface area contributed by atoms with Gasteiger partial charge in [-0.25, -0.2) is 9.97 Å². The average Bonchev–Trinajstić information content (AvgIpc) is 3.53. The van der Waals surface area contributed by atoms with Crippen LogP contribution in [0, 0.1) is 0 Å². The van der Waals surface area contributed by atoms with Crippen molar-refractivity contribution in [1.29, 1.82) is 0 Å². The quantitative estimate of drug-likeness (QED) is 0.334. The Bertz CT molecular complexity index is 1430. The minimum atomic E-state index is 0.142. The summed E-state index contributed by atoms with van der Waals surface area (Å²) in [5.74, 6) is 2.29. The molecule has 0 spiro atoms. The topological polar surface area (TPSA) is 89.5 Å². The van der Waals surface area contributed by atoms with Gasteiger partial charge in [-0.15, -0.1) is 0 Å². The number of rotatable bonds is 9. The number of nitrogens with two attached hydrogens (primary N) is 1. The Morgan fingerprint density at radius 1 is 1.08 bits per heavy atom. The number of carbonyl (C=O) groups excluding carboxylic acids is 1. The highest BCUT2D eigenvalue weighted by molar-refractivity contribution is 6.00. The van der Waals surface area contributed by atoms with Gasteiger partial charge in [0.25, 0.3) is 0 Å². The average molecular weight is 511 g/mol. The van der Waals surface area contributed by atoms with Crippen molar-refractivity contribution < 1.29 is 9.53 Å². The van der Waals surface area contributed by atoms with E-state index in [9.17, 15) is 4.79 Å². The summed E-state index contributed by atoms with van der Waals surface area (Å²) in [6, 6.07) is 18.7. The lowest BCUT2D eigenvalue weighted by Gasteiger charge is -2.35. The molecule has 2 atom stereocenters. The van der Waals surface area contributed by atoms with E-state index in [4.69, 9.17) is 10.5 Å². The zero-order chi connectivity index (χ0) is 26.2. The molecule has 8 nitrogen and oxygen atoms in total. The van der Waals surface area contributed by atoms with Gasteiger partial charge in [0.05, 0.1) is 11.6 Å². The fourth-order valence-electron chi connectivity index (χ4n) is 5.71. The molecule has 38 heavy (non-hydrogen) atoms. The normalized spacial score (nSPS) is 18.8. The molecule has 0 radical (unpaired) electrons. The molecule has 1 aliphatic heterocycles. The second kappa shape index (κ2) is 10.2. The number of hydrogen-bond donors (Lipinski definition) is 1. The molecule has 1 aliphatic carbocycles. The van der Waals surface area contributed by atoms with Crippen molar-refractivity contribution in [2.75, 3.05) is 25.9 Å². The summed E-state index contributed by atoms with van der Waals surface area (Å²) in [6.07, 6.45) is 7.84. The first-order chi connectivity index (χ1) is 18.5. The van der Waals surface area contributed by atoms with Crippen molar-refractivity contribution in [3.8, 4) is 22.6 Å². The van der Waals surface area contributed by atoms with E-state index < -0.39 is 0 Å². The lowest BCUT2D eigenvalue weighted by atomic mass is 10.1. The lowest BCUT2D eigenvalue weighted by molar-refractivity contribution is -0.119. The molecule has 0 amide bonds. The summed E-state index contributed by atoms with van der Waals surface area (Å²) in [7, 11) is 2.17. The van der Waals surface area contributed by atoms with Crippen molar-refractivity contribution in [2.24, 2.45) is 0 Å². The third kappa shape index (κ3) is 4.89. The van der Waals surface area contributed by atoms with Crippen LogP contribution in [0.5, 0.6) is 11.5 Å². The molecule has 8 heteroatoms. The van der Waals surface area contributed by atoms with Gasteiger partial charge < -0.3 is 15.0 Å². The highest BCUT2D eigenvalue weighted by Gasteiger charge is 2.38. The summed E-state index contributed by atoms with van der Waals surface area (Å²) in [4.78, 5) is 26.0. The predicted molar refractivity (Wildman–Crippen MR) is 149 cm³/mol. The summed E-state index contributed by atoms with van der Waals surface area (Å²) in [5.41, 5.74) is 9.30. The smallest absolute Gasteiger partial charge is 0.146 e. The summed E-state index contributed by atoms with van der Waals surface area (Å²) in [6.45, 7) is 3.51. The van der Waals surface area contributed by atoms with Crippen LogP contribution in [0.15, 0.2) is 67.1 Å². The molecule has 2 aliphatic rings. The second-order valence-corrected chi connectivity index (χ2v) is 10.6. The zero-order valence-electron chi connectivity index (χ0n) is 22.0. The van der Waals surface area contributed by atoms with Crippen molar-refractivity contribution in [1.82, 2.24) is 24.3 Å². The molecule has 1 saturated heterocycles. The number of para-hydroxylation sites is 1. The molecular formula is C30H34N6O2. The molecule has 1 unspecified atom stereocenters. The molecule has 0 bridgehead atoms. The number of carbonyl (C=O) groups is 1. The Morgan fingerprint density at radius 3 is 2.53 bits per heavy atom. The van der Waals surface area contributed by atoms with Crippen LogP contribution in [-0.2, 0) is 4.79 Å². The number of Topliss-reactive ketones (excluding diaryl/α,β-unsaturated/α-hetero) is 1. The largest absolute Gasteiger partial charge is 0.457 e. The molecule has 1 saturated carbocycles. The monoisotopic (exact) mass is 510 g/mol. The Labute approximate surface area is 223 Å². The lowest BCUT2D eigenvalue weighted by Crippen LogP contribution is -2.47. The number of fused-ring (bicyclic) bond motifs is 1. The first kappa shape index (κ1) is 24.6. The fourth-order valence-corrected chi connectivity index (χ4v) is 5.71. The van der Waals surface area contributed by atoms with Crippen LogP contribution in [-0.4, -0.2) is 62.5 Å². The van der Waals surface area contributed by atoms with Crippen molar-refractivity contribution >= 4 is 22.6 Å². The van der Waals surface area contributed by atoms with Crippen LogP contribution in [0.3, 0.4) is 0 Å². The highest BCUT2D eigenvalue weighted by atomic mass is 16.5. The third-order valence-corrected chi connectivity index (χ3v) is 7.86. The first-order valence-corrected chi connectivity index (χ1v) is 13.4. The number of ketones is 1. The molecule has 6 rings (SSSR count). The van der Waals surface area contributed by atoms with E-state index in [-0.39, 0.29) is 18.0 Å². The van der Waals surface area contributed by atoms with Gasteiger partial charge in [-0.3, -0.25) is 14.6 Å². The number of hydrogen-bond acceptors (Lipinski definition) is 7. The van der Waals surface area contributed by atoms with Gasteiger partial charge in [-0.2, -0.15) is 0 Å². The molecular weight excluding hydrogens is 476 g/mol. The maximum absolute atomic E-state index is 12.1. The molecule has 196 valence electrons. The van der Waals surface area contributed by atoms with E-state index in [1.807, 2.05) is 42.5 Å². The standard InChI is InChI=1S/C30H34N6O2/c1-20(37)16-27(34(2)22-10-11-22)35-15-14-23(17-35)36-18-26(28-29(31)32-19-33-30(28)36)21-8-12-25(13-9-21)38-24-6-4-3-5-7-24/h3-9,12-13,18-19,22-23,27H,10-11,14-17H2,1-2H3,(H2,31,32,33)/t23?,27-/m0/s1. The molecule has 4 aromatic rings. The van der Waals surface area contributed by atoms with Crippen LogP contribution < -0.4 is 10.5 Å². The maximum atomic E-state index is 12.1. The number of benzene rings is 2. The van der Waals surface area contributed by atoms with Gasteiger partial charge in [0.15, 0.2) is 0 Å². The number of anilines is 1. The predicted octanol–water partition coefficient (Wildman–Crippen LogP) is 5.12. The van der Waals surface area contributed by atoms with Crippen LogP contribution in [0.4, 0.5) is 5.82 Å². The first-order valence-electron chi connectivity index (χ1n) is 13.4. The molecule has 2 aromatic heterocycles. The van der Waals surface area contributed by atoms with Gasteiger partial charge in [0.1, 0.15) is 35.1 Å².